The summed E-state index contributed by atoms with van der Waals surface area (Å²) in [4.78, 5) is 4.56. The summed E-state index contributed by atoms with van der Waals surface area (Å²) in [5, 5.41) is 25.2. The number of aromatic amines is 1. The second kappa shape index (κ2) is 8.09. The van der Waals surface area contributed by atoms with E-state index in [-0.39, 0.29) is 11.5 Å². The molecule has 0 amide bonds. The van der Waals surface area contributed by atoms with Crippen molar-refractivity contribution < 1.29 is 14.9 Å². The molecule has 160 valence electrons. The van der Waals surface area contributed by atoms with Gasteiger partial charge in [0.2, 0.25) is 0 Å². The van der Waals surface area contributed by atoms with E-state index in [1.54, 1.807) is 18.4 Å². The molecule has 0 aliphatic heterocycles. The molecule has 3 aromatic carbocycles. The normalized spacial score (nSPS) is 11.2. The van der Waals surface area contributed by atoms with Gasteiger partial charge in [0.05, 0.1) is 17.7 Å². The summed E-state index contributed by atoms with van der Waals surface area (Å²) in [5.41, 5.74) is 5.42. The van der Waals surface area contributed by atoms with Crippen molar-refractivity contribution >= 4 is 22.1 Å². The lowest BCUT2D eigenvalue weighted by atomic mass is 9.91. The molecule has 0 aliphatic carbocycles. The number of thiophene rings is 1. The molecule has 2 aromatic heterocycles. The van der Waals surface area contributed by atoms with E-state index in [4.69, 9.17) is 4.74 Å². The predicted octanol–water partition coefficient (Wildman–Crippen LogP) is 7.21. The van der Waals surface area contributed by atoms with Crippen LogP contribution < -0.4 is 4.74 Å². The van der Waals surface area contributed by atoms with Crippen molar-refractivity contribution in [1.29, 1.82) is 0 Å². The standard InChI is InChI=1S/C27H23NO3S/c1-3-16-13-20(23(30)14-22(16)29)21-15-28-27(25-11-6-12-32-25)26(21)19-9-4-8-18-17(19)7-5-10-24(18)31-2/h4-15,28-30H,3H2,1-2H3. The van der Waals surface area contributed by atoms with Crippen molar-refractivity contribution in [2.45, 2.75) is 13.3 Å². The smallest absolute Gasteiger partial charge is 0.127 e. The quantitative estimate of drug-likeness (QED) is 0.270. The van der Waals surface area contributed by atoms with Crippen molar-refractivity contribution in [1.82, 2.24) is 4.98 Å². The summed E-state index contributed by atoms with van der Waals surface area (Å²) < 4.78 is 5.61. The molecular formula is C27H23NO3S. The van der Waals surface area contributed by atoms with E-state index >= 15 is 0 Å². The molecule has 0 unspecified atom stereocenters. The van der Waals surface area contributed by atoms with Crippen molar-refractivity contribution in [2.24, 2.45) is 0 Å². The fraction of sp³-hybridized carbons (Fsp3) is 0.111. The molecule has 0 radical (unpaired) electrons. The molecule has 4 nitrogen and oxygen atoms in total. The minimum atomic E-state index is 0.0514. The van der Waals surface area contributed by atoms with Gasteiger partial charge in [0.1, 0.15) is 17.2 Å². The summed E-state index contributed by atoms with van der Waals surface area (Å²) in [6.07, 6.45) is 2.61. The summed E-state index contributed by atoms with van der Waals surface area (Å²) in [6.45, 7) is 1.99. The van der Waals surface area contributed by atoms with Crippen LogP contribution in [0.1, 0.15) is 12.5 Å². The van der Waals surface area contributed by atoms with E-state index in [2.05, 4.69) is 34.6 Å². The second-order valence-electron chi connectivity index (χ2n) is 7.64. The molecule has 0 saturated heterocycles. The number of aromatic hydroxyl groups is 2. The molecule has 0 aliphatic rings. The van der Waals surface area contributed by atoms with Crippen LogP contribution in [-0.2, 0) is 6.42 Å². The molecule has 2 heterocycles. The summed E-state index contributed by atoms with van der Waals surface area (Å²) >= 11 is 1.66. The summed E-state index contributed by atoms with van der Waals surface area (Å²) in [7, 11) is 1.68. The largest absolute Gasteiger partial charge is 0.508 e. The van der Waals surface area contributed by atoms with Gasteiger partial charge in [-0.2, -0.15) is 0 Å². The third-order valence-electron chi connectivity index (χ3n) is 5.89. The number of hydrogen-bond acceptors (Lipinski definition) is 4. The Morgan fingerprint density at radius 1 is 0.875 bits per heavy atom. The Labute approximate surface area is 190 Å². The number of rotatable bonds is 5. The Bertz CT molecular complexity index is 1420. The van der Waals surface area contributed by atoms with Crippen LogP contribution in [-0.4, -0.2) is 22.3 Å². The van der Waals surface area contributed by atoms with Gasteiger partial charge >= 0.3 is 0 Å². The van der Waals surface area contributed by atoms with Gasteiger partial charge in [-0.15, -0.1) is 11.3 Å². The molecule has 3 N–H and O–H groups in total. The van der Waals surface area contributed by atoms with E-state index in [1.807, 2.05) is 43.5 Å². The first-order chi connectivity index (χ1) is 15.6. The van der Waals surface area contributed by atoms with Gasteiger partial charge in [-0.1, -0.05) is 43.3 Å². The fourth-order valence-electron chi connectivity index (χ4n) is 4.33. The van der Waals surface area contributed by atoms with Crippen LogP contribution in [0, 0.1) is 0 Å². The maximum absolute atomic E-state index is 10.8. The lowest BCUT2D eigenvalue weighted by molar-refractivity contribution is 0.420. The van der Waals surface area contributed by atoms with Crippen LogP contribution in [0.2, 0.25) is 0 Å². The molecule has 0 atom stereocenters. The second-order valence-corrected chi connectivity index (χ2v) is 8.59. The minimum Gasteiger partial charge on any atom is -0.508 e. The van der Waals surface area contributed by atoms with Gasteiger partial charge < -0.3 is 19.9 Å². The summed E-state index contributed by atoms with van der Waals surface area (Å²) in [5.74, 6) is 0.981. The van der Waals surface area contributed by atoms with Gasteiger partial charge in [-0.3, -0.25) is 0 Å². The first-order valence-electron chi connectivity index (χ1n) is 10.5. The van der Waals surface area contributed by atoms with Crippen molar-refractivity contribution in [3.8, 4) is 50.1 Å². The number of benzene rings is 3. The molecule has 5 aromatic rings. The number of methoxy groups -OCH3 is 1. The first kappa shape index (κ1) is 20.2. The third-order valence-corrected chi connectivity index (χ3v) is 6.77. The first-order valence-corrected chi connectivity index (χ1v) is 11.4. The number of aromatic nitrogens is 1. The van der Waals surface area contributed by atoms with Crippen LogP contribution in [0.15, 0.2) is 72.2 Å². The lowest BCUT2D eigenvalue weighted by Crippen LogP contribution is -1.90. The van der Waals surface area contributed by atoms with Gasteiger partial charge in [-0.25, -0.2) is 0 Å². The Morgan fingerprint density at radius 2 is 1.69 bits per heavy atom. The number of hydrogen-bond donors (Lipinski definition) is 3. The van der Waals surface area contributed by atoms with Crippen LogP contribution in [0.25, 0.3) is 43.6 Å². The average Bonchev–Trinajstić information content (AvgIpc) is 3.48. The highest BCUT2D eigenvalue weighted by Gasteiger charge is 2.22. The lowest BCUT2D eigenvalue weighted by Gasteiger charge is -2.14. The van der Waals surface area contributed by atoms with Gasteiger partial charge in [0, 0.05) is 34.3 Å². The molecule has 32 heavy (non-hydrogen) atoms. The fourth-order valence-corrected chi connectivity index (χ4v) is 5.07. The van der Waals surface area contributed by atoms with Crippen molar-refractivity contribution in [3.05, 3.63) is 77.8 Å². The monoisotopic (exact) mass is 441 g/mol. The minimum absolute atomic E-state index is 0.0514. The van der Waals surface area contributed by atoms with Gasteiger partial charge in [-0.05, 0) is 46.5 Å². The van der Waals surface area contributed by atoms with E-state index < -0.39 is 0 Å². The zero-order chi connectivity index (χ0) is 22.2. The van der Waals surface area contributed by atoms with Gasteiger partial charge in [0.15, 0.2) is 0 Å². The molecule has 0 saturated carbocycles. The van der Waals surface area contributed by atoms with E-state index in [1.165, 1.54) is 6.07 Å². The molecule has 0 bridgehead atoms. The number of nitrogens with one attached hydrogen (secondary N) is 1. The molecule has 5 heteroatoms. The molecule has 0 spiro atoms. The Balaban J connectivity index is 1.86. The summed E-state index contributed by atoms with van der Waals surface area (Å²) in [6, 6.07) is 19.7. The van der Waals surface area contributed by atoms with Crippen molar-refractivity contribution in [2.75, 3.05) is 7.11 Å². The molecule has 5 rings (SSSR count). The maximum Gasteiger partial charge on any atom is 0.127 e. The highest BCUT2D eigenvalue weighted by Crippen LogP contribution is 2.47. The number of phenolic OH excluding ortho intramolecular Hbond substituents is 2. The maximum atomic E-state index is 10.8. The SMILES string of the molecule is CCc1cc(-c2c[nH]c(-c3cccs3)c2-c2cccc3c(OC)cccc23)c(O)cc1O. The van der Waals surface area contributed by atoms with Crippen LogP contribution >= 0.6 is 11.3 Å². The Morgan fingerprint density at radius 3 is 2.44 bits per heavy atom. The third kappa shape index (κ3) is 3.22. The average molecular weight is 442 g/mol. The van der Waals surface area contributed by atoms with Crippen molar-refractivity contribution in [3.63, 3.8) is 0 Å². The number of phenols is 2. The number of H-pyrrole nitrogens is 1. The number of aryl methyl sites for hydroxylation is 1. The Kier molecular flexibility index (Phi) is 5.11. The Hall–Kier alpha value is -3.70. The predicted molar refractivity (Wildman–Crippen MR) is 132 cm³/mol. The van der Waals surface area contributed by atoms with Gasteiger partial charge in [0.25, 0.3) is 0 Å². The number of fused-ring (bicyclic) bond motifs is 1. The highest BCUT2D eigenvalue weighted by molar-refractivity contribution is 7.13. The van der Waals surface area contributed by atoms with E-state index in [0.29, 0.717) is 12.0 Å². The van der Waals surface area contributed by atoms with E-state index in [0.717, 1.165) is 49.3 Å². The van der Waals surface area contributed by atoms with Crippen LogP contribution in [0.4, 0.5) is 0 Å². The highest BCUT2D eigenvalue weighted by atomic mass is 32.1. The zero-order valence-corrected chi connectivity index (χ0v) is 18.7. The van der Waals surface area contributed by atoms with E-state index in [9.17, 15) is 10.2 Å². The molecule has 0 fully saturated rings. The van der Waals surface area contributed by atoms with Crippen LogP contribution in [0.5, 0.6) is 17.2 Å². The zero-order valence-electron chi connectivity index (χ0n) is 17.8. The number of ether oxygens (including phenoxy) is 1. The van der Waals surface area contributed by atoms with Crippen LogP contribution in [0.3, 0.4) is 0 Å². The topological polar surface area (TPSA) is 65.5 Å². The molecular weight excluding hydrogens is 418 g/mol.